The molecule has 7 heteroatoms. The summed E-state index contributed by atoms with van der Waals surface area (Å²) in [5.41, 5.74) is 12.6. The fraction of sp³-hybridized carbons (Fsp3) is 0.345. The maximum Gasteiger partial charge on any atom is 0.141 e. The van der Waals surface area contributed by atoms with Gasteiger partial charge in [-0.25, -0.2) is 4.98 Å². The van der Waals surface area contributed by atoms with Gasteiger partial charge in [-0.05, 0) is 55.9 Å². The highest BCUT2D eigenvalue weighted by atomic mass is 35.5. The van der Waals surface area contributed by atoms with Crippen molar-refractivity contribution in [3.63, 3.8) is 0 Å². The fourth-order valence-electron chi connectivity index (χ4n) is 5.16. The normalized spacial score (nSPS) is 17.8. The molecule has 1 aliphatic carbocycles. The highest BCUT2D eigenvalue weighted by Gasteiger charge is 2.26. The molecule has 1 aliphatic rings. The van der Waals surface area contributed by atoms with Crippen LogP contribution in [0, 0.1) is 6.92 Å². The molecule has 0 radical (unpaired) electrons. The SMILES string of the molecule is COc1cc(OC)c(-c2cn3ccc(N(Cc4ccccc4C)C4CCC(N)CC4)cc3n2)cc1Cl. The van der Waals surface area contributed by atoms with Gasteiger partial charge in [0.05, 0.1) is 24.9 Å². The summed E-state index contributed by atoms with van der Waals surface area (Å²) in [7, 11) is 3.23. The highest BCUT2D eigenvalue weighted by molar-refractivity contribution is 6.32. The van der Waals surface area contributed by atoms with Crippen LogP contribution in [0.5, 0.6) is 11.5 Å². The van der Waals surface area contributed by atoms with Crippen LogP contribution in [-0.4, -0.2) is 35.7 Å². The molecule has 0 unspecified atom stereocenters. The lowest BCUT2D eigenvalue weighted by atomic mass is 9.90. The number of nitrogens with zero attached hydrogens (tertiary/aromatic N) is 3. The number of aryl methyl sites for hydroxylation is 1. The van der Waals surface area contributed by atoms with Crippen molar-refractivity contribution in [2.24, 2.45) is 5.73 Å². The second-order valence-electron chi connectivity index (χ2n) is 9.59. The van der Waals surface area contributed by atoms with Crippen molar-refractivity contribution in [3.8, 4) is 22.8 Å². The molecule has 0 atom stereocenters. The van der Waals surface area contributed by atoms with E-state index in [1.165, 1.54) is 16.8 Å². The number of pyridine rings is 1. The number of anilines is 1. The summed E-state index contributed by atoms with van der Waals surface area (Å²) < 4.78 is 13.0. The van der Waals surface area contributed by atoms with Crippen LogP contribution in [0.15, 0.2) is 60.9 Å². The van der Waals surface area contributed by atoms with Crippen molar-refractivity contribution in [2.45, 2.75) is 51.2 Å². The summed E-state index contributed by atoms with van der Waals surface area (Å²) in [6.07, 6.45) is 8.40. The van der Waals surface area contributed by atoms with Gasteiger partial charge in [-0.2, -0.15) is 0 Å². The lowest BCUT2D eigenvalue weighted by Crippen LogP contribution is -2.40. The van der Waals surface area contributed by atoms with Crippen LogP contribution >= 0.6 is 11.6 Å². The van der Waals surface area contributed by atoms with Crippen molar-refractivity contribution < 1.29 is 9.47 Å². The minimum absolute atomic E-state index is 0.310. The molecule has 0 amide bonds. The Morgan fingerprint density at radius 2 is 1.78 bits per heavy atom. The van der Waals surface area contributed by atoms with Gasteiger partial charge in [0.1, 0.15) is 17.1 Å². The van der Waals surface area contributed by atoms with Crippen LogP contribution < -0.4 is 20.1 Å². The van der Waals surface area contributed by atoms with Gasteiger partial charge in [-0.15, -0.1) is 0 Å². The first kappa shape index (κ1) is 24.5. The topological polar surface area (TPSA) is 65.0 Å². The van der Waals surface area contributed by atoms with Crippen LogP contribution in [0.25, 0.3) is 16.9 Å². The van der Waals surface area contributed by atoms with E-state index in [0.29, 0.717) is 28.6 Å². The number of methoxy groups -OCH3 is 2. The molecular formula is C29H33ClN4O2. The lowest BCUT2D eigenvalue weighted by Gasteiger charge is -2.38. The molecule has 2 aromatic carbocycles. The first-order chi connectivity index (χ1) is 17.5. The average molecular weight is 505 g/mol. The van der Waals surface area contributed by atoms with E-state index in [0.717, 1.165) is 49.1 Å². The van der Waals surface area contributed by atoms with Crippen LogP contribution in [0.4, 0.5) is 5.69 Å². The van der Waals surface area contributed by atoms with Crippen molar-refractivity contribution in [2.75, 3.05) is 19.1 Å². The Hall–Kier alpha value is -3.22. The molecule has 36 heavy (non-hydrogen) atoms. The van der Waals surface area contributed by atoms with E-state index >= 15 is 0 Å². The quantitative estimate of drug-likeness (QED) is 0.322. The summed E-state index contributed by atoms with van der Waals surface area (Å²) in [5.74, 6) is 1.24. The van der Waals surface area contributed by atoms with Gasteiger partial charge in [-0.1, -0.05) is 35.9 Å². The van der Waals surface area contributed by atoms with Gasteiger partial charge < -0.3 is 24.5 Å². The molecule has 2 aromatic heterocycles. The molecule has 1 fully saturated rings. The summed E-state index contributed by atoms with van der Waals surface area (Å²) in [4.78, 5) is 7.48. The van der Waals surface area contributed by atoms with Gasteiger partial charge >= 0.3 is 0 Å². The zero-order valence-electron chi connectivity index (χ0n) is 21.1. The van der Waals surface area contributed by atoms with Gasteiger partial charge in [-0.3, -0.25) is 0 Å². The standard InChI is InChI=1S/C29H33ClN4O2/c1-19-6-4-5-7-20(19)17-34(22-10-8-21(31)9-11-22)23-12-13-33-18-26(32-29(33)14-23)24-15-25(30)28(36-3)16-27(24)35-2/h4-7,12-16,18,21-22H,8-11,17,31H2,1-3H3. The summed E-state index contributed by atoms with van der Waals surface area (Å²) in [6.45, 7) is 3.04. The average Bonchev–Trinajstić information content (AvgIpc) is 3.32. The summed E-state index contributed by atoms with van der Waals surface area (Å²) in [5, 5.41) is 0.519. The van der Waals surface area contributed by atoms with Gasteiger partial charge in [0.25, 0.3) is 0 Å². The molecule has 6 nitrogen and oxygen atoms in total. The largest absolute Gasteiger partial charge is 0.496 e. The van der Waals surface area contributed by atoms with Crippen LogP contribution in [0.3, 0.4) is 0 Å². The third kappa shape index (κ3) is 4.88. The van der Waals surface area contributed by atoms with E-state index in [9.17, 15) is 0 Å². The van der Waals surface area contributed by atoms with E-state index in [-0.39, 0.29) is 0 Å². The van der Waals surface area contributed by atoms with Crippen LogP contribution in [-0.2, 0) is 6.54 Å². The molecule has 2 heterocycles. The number of halogens is 1. The second-order valence-corrected chi connectivity index (χ2v) is 9.99. The Morgan fingerprint density at radius 3 is 2.50 bits per heavy atom. The number of rotatable bonds is 7. The lowest BCUT2D eigenvalue weighted by molar-refractivity contribution is 0.374. The van der Waals surface area contributed by atoms with Crippen LogP contribution in [0.1, 0.15) is 36.8 Å². The third-order valence-corrected chi connectivity index (χ3v) is 7.60. The van der Waals surface area contributed by atoms with Gasteiger partial charge in [0, 0.05) is 54.4 Å². The first-order valence-electron chi connectivity index (χ1n) is 12.4. The second kappa shape index (κ2) is 10.4. The molecule has 0 saturated heterocycles. The maximum absolute atomic E-state index is 6.43. The fourth-order valence-corrected chi connectivity index (χ4v) is 5.40. The van der Waals surface area contributed by atoms with Crippen LogP contribution in [0.2, 0.25) is 5.02 Å². The summed E-state index contributed by atoms with van der Waals surface area (Å²) >= 11 is 6.43. The zero-order chi connectivity index (χ0) is 25.2. The van der Waals surface area contributed by atoms with Crippen molar-refractivity contribution in [1.29, 1.82) is 0 Å². The molecule has 0 spiro atoms. The number of aromatic nitrogens is 2. The number of ether oxygens (including phenoxy) is 2. The minimum Gasteiger partial charge on any atom is -0.496 e. The molecule has 188 valence electrons. The highest BCUT2D eigenvalue weighted by Crippen LogP contribution is 2.38. The Morgan fingerprint density at radius 1 is 1.03 bits per heavy atom. The number of benzene rings is 2. The Bertz CT molecular complexity index is 1360. The van der Waals surface area contributed by atoms with E-state index in [4.69, 9.17) is 31.8 Å². The Balaban J connectivity index is 1.53. The maximum atomic E-state index is 6.43. The number of nitrogens with two attached hydrogens (primary N) is 1. The van der Waals surface area contributed by atoms with E-state index < -0.39 is 0 Å². The van der Waals surface area contributed by atoms with Crippen molar-refractivity contribution in [1.82, 2.24) is 9.38 Å². The monoisotopic (exact) mass is 504 g/mol. The molecule has 0 aliphatic heterocycles. The van der Waals surface area contributed by atoms with Gasteiger partial charge in [0.2, 0.25) is 0 Å². The van der Waals surface area contributed by atoms with E-state index in [2.05, 4.69) is 54.4 Å². The Kier molecular flexibility index (Phi) is 7.08. The number of fused-ring (bicyclic) bond motifs is 1. The molecule has 5 rings (SSSR count). The number of imidazole rings is 1. The molecule has 0 bridgehead atoms. The molecule has 2 N–H and O–H groups in total. The molecule has 1 saturated carbocycles. The summed E-state index contributed by atoms with van der Waals surface area (Å²) in [6, 6.07) is 17.4. The zero-order valence-corrected chi connectivity index (χ0v) is 21.8. The first-order valence-corrected chi connectivity index (χ1v) is 12.8. The smallest absolute Gasteiger partial charge is 0.141 e. The predicted octanol–water partition coefficient (Wildman–Crippen LogP) is 6.26. The van der Waals surface area contributed by atoms with E-state index in [1.807, 2.05) is 16.7 Å². The number of hydrogen-bond donors (Lipinski definition) is 1. The van der Waals surface area contributed by atoms with Crippen molar-refractivity contribution in [3.05, 3.63) is 77.1 Å². The molecule has 4 aromatic rings. The third-order valence-electron chi connectivity index (χ3n) is 7.31. The Labute approximate surface area is 217 Å². The predicted molar refractivity (Wildman–Crippen MR) is 146 cm³/mol. The number of hydrogen-bond acceptors (Lipinski definition) is 5. The molecular weight excluding hydrogens is 472 g/mol. The van der Waals surface area contributed by atoms with Crippen molar-refractivity contribution >= 4 is 22.9 Å². The van der Waals surface area contributed by atoms with Gasteiger partial charge in [0.15, 0.2) is 0 Å². The minimum atomic E-state index is 0.310. The van der Waals surface area contributed by atoms with E-state index in [1.54, 1.807) is 20.3 Å².